The maximum atomic E-state index is 13.9. The Balaban J connectivity index is 1.77. The number of carbonyl (C=O) groups excluding carboxylic acids is 1. The molecule has 0 fully saturated rings. The number of hydrogen-bond acceptors (Lipinski definition) is 6. The number of nitrogens with one attached hydrogen (secondary N) is 1. The highest BCUT2D eigenvalue weighted by Gasteiger charge is 2.20. The number of tetrazole rings is 1. The maximum absolute atomic E-state index is 13.9. The minimum absolute atomic E-state index is 0.0556. The van der Waals surface area contributed by atoms with Crippen LogP contribution in [0.2, 0.25) is 5.02 Å². The number of halogens is 2. The van der Waals surface area contributed by atoms with Crippen LogP contribution in [0.15, 0.2) is 53.7 Å². The molecule has 3 aromatic rings. The van der Waals surface area contributed by atoms with E-state index in [2.05, 4.69) is 20.8 Å². The molecule has 3 rings (SSSR count). The van der Waals surface area contributed by atoms with Crippen LogP contribution in [0.25, 0.3) is 5.69 Å². The normalized spacial score (nSPS) is 11.3. The van der Waals surface area contributed by atoms with Gasteiger partial charge in [-0.3, -0.25) is 4.79 Å². The topological polar surface area (TPSA) is 107 Å². The molecule has 1 amide bonds. The van der Waals surface area contributed by atoms with Gasteiger partial charge < -0.3 is 5.32 Å². The lowest BCUT2D eigenvalue weighted by Gasteiger charge is -2.09. The van der Waals surface area contributed by atoms with E-state index in [4.69, 9.17) is 11.6 Å². The molecule has 11 heteroatoms. The van der Waals surface area contributed by atoms with Crippen molar-refractivity contribution in [2.75, 3.05) is 11.1 Å². The summed E-state index contributed by atoms with van der Waals surface area (Å²) < 4.78 is 39.7. The SMILES string of the molecule is O=C(CS(=O)(=O)c1ccc(Cl)cc1)Nc1cc(-n2cnnn2)ccc1F. The lowest BCUT2D eigenvalue weighted by atomic mass is 10.2. The second-order valence-electron chi connectivity index (χ2n) is 5.18. The number of anilines is 1. The second-order valence-corrected chi connectivity index (χ2v) is 7.61. The van der Waals surface area contributed by atoms with Gasteiger partial charge in [-0.15, -0.1) is 5.10 Å². The smallest absolute Gasteiger partial charge is 0.240 e. The van der Waals surface area contributed by atoms with E-state index >= 15 is 0 Å². The molecule has 134 valence electrons. The summed E-state index contributed by atoms with van der Waals surface area (Å²) in [4.78, 5) is 12.0. The van der Waals surface area contributed by atoms with Gasteiger partial charge >= 0.3 is 0 Å². The molecule has 0 radical (unpaired) electrons. The lowest BCUT2D eigenvalue weighted by molar-refractivity contribution is -0.113. The van der Waals surface area contributed by atoms with Crippen LogP contribution in [0.5, 0.6) is 0 Å². The van der Waals surface area contributed by atoms with Crippen LogP contribution >= 0.6 is 11.6 Å². The summed E-state index contributed by atoms with van der Waals surface area (Å²) in [5.41, 5.74) is 0.210. The predicted octanol–water partition coefficient (Wildman–Crippen LogP) is 1.87. The first-order valence-electron chi connectivity index (χ1n) is 7.16. The summed E-state index contributed by atoms with van der Waals surface area (Å²) in [5.74, 6) is -2.45. The summed E-state index contributed by atoms with van der Waals surface area (Å²) in [6.45, 7) is 0. The first kappa shape index (κ1) is 18.0. The molecule has 0 atom stereocenters. The molecule has 26 heavy (non-hydrogen) atoms. The average Bonchev–Trinajstić information content (AvgIpc) is 3.11. The Morgan fingerprint density at radius 3 is 2.58 bits per heavy atom. The van der Waals surface area contributed by atoms with Crippen LogP contribution in [-0.4, -0.2) is 40.3 Å². The number of carbonyl (C=O) groups is 1. The molecule has 0 spiro atoms. The second kappa shape index (κ2) is 7.18. The Morgan fingerprint density at radius 2 is 1.92 bits per heavy atom. The van der Waals surface area contributed by atoms with E-state index in [1.165, 1.54) is 47.4 Å². The standard InChI is InChI=1S/C15H11ClFN5O3S/c16-10-1-4-12(5-2-10)26(24,25)8-15(23)19-14-7-11(3-6-13(14)17)22-9-18-20-21-22/h1-7,9H,8H2,(H,19,23). The van der Waals surface area contributed by atoms with Gasteiger partial charge in [0, 0.05) is 5.02 Å². The summed E-state index contributed by atoms with van der Waals surface area (Å²) in [6.07, 6.45) is 1.30. The number of sulfone groups is 1. The van der Waals surface area contributed by atoms with Crippen molar-refractivity contribution in [3.63, 3.8) is 0 Å². The fraction of sp³-hybridized carbons (Fsp3) is 0.0667. The monoisotopic (exact) mass is 395 g/mol. The molecule has 1 aromatic heterocycles. The Labute approximate surface area is 152 Å². The molecular formula is C15H11ClFN5O3S. The van der Waals surface area contributed by atoms with E-state index in [0.717, 1.165) is 6.07 Å². The van der Waals surface area contributed by atoms with Crippen molar-refractivity contribution in [3.05, 3.63) is 59.6 Å². The van der Waals surface area contributed by atoms with Crippen molar-refractivity contribution in [3.8, 4) is 5.69 Å². The van der Waals surface area contributed by atoms with Gasteiger partial charge in [0.25, 0.3) is 0 Å². The summed E-state index contributed by atoms with van der Waals surface area (Å²) >= 11 is 5.72. The number of benzene rings is 2. The van der Waals surface area contributed by atoms with Crippen molar-refractivity contribution in [2.45, 2.75) is 4.90 Å². The predicted molar refractivity (Wildman–Crippen MR) is 91.2 cm³/mol. The Hall–Kier alpha value is -2.85. The van der Waals surface area contributed by atoms with Crippen LogP contribution in [0, 0.1) is 5.82 Å². The third kappa shape index (κ3) is 4.03. The molecule has 0 saturated carbocycles. The average molecular weight is 396 g/mol. The van der Waals surface area contributed by atoms with E-state index in [0.29, 0.717) is 10.7 Å². The molecule has 0 unspecified atom stereocenters. The zero-order valence-electron chi connectivity index (χ0n) is 13.0. The van der Waals surface area contributed by atoms with Gasteiger partial charge in [-0.05, 0) is 52.9 Å². The summed E-state index contributed by atoms with van der Waals surface area (Å²) in [7, 11) is -3.89. The van der Waals surface area contributed by atoms with Crippen molar-refractivity contribution >= 4 is 33.0 Å². The van der Waals surface area contributed by atoms with Gasteiger partial charge in [-0.2, -0.15) is 0 Å². The molecular weight excluding hydrogens is 385 g/mol. The van der Waals surface area contributed by atoms with E-state index in [1.807, 2.05) is 0 Å². The molecule has 1 N–H and O–H groups in total. The van der Waals surface area contributed by atoms with Crippen LogP contribution in [0.1, 0.15) is 0 Å². The van der Waals surface area contributed by atoms with Crippen LogP contribution in [0.3, 0.4) is 0 Å². The first-order chi connectivity index (χ1) is 12.3. The fourth-order valence-electron chi connectivity index (χ4n) is 2.12. The van der Waals surface area contributed by atoms with E-state index in [-0.39, 0.29) is 10.6 Å². The number of aromatic nitrogens is 4. The van der Waals surface area contributed by atoms with Gasteiger partial charge in [-0.25, -0.2) is 17.5 Å². The Bertz CT molecular complexity index is 1040. The zero-order chi connectivity index (χ0) is 18.7. The number of rotatable bonds is 5. The van der Waals surface area contributed by atoms with E-state index in [9.17, 15) is 17.6 Å². The molecule has 0 saturated heterocycles. The van der Waals surface area contributed by atoms with Crippen molar-refractivity contribution in [1.82, 2.24) is 20.2 Å². The molecule has 0 bridgehead atoms. The Kier molecular flexibility index (Phi) is 4.96. The number of nitrogens with zero attached hydrogens (tertiary/aromatic N) is 4. The first-order valence-corrected chi connectivity index (χ1v) is 9.19. The van der Waals surface area contributed by atoms with Crippen LogP contribution in [0.4, 0.5) is 10.1 Å². The van der Waals surface area contributed by atoms with Gasteiger partial charge in [-0.1, -0.05) is 11.6 Å². The van der Waals surface area contributed by atoms with Crippen molar-refractivity contribution in [2.24, 2.45) is 0 Å². The fourth-order valence-corrected chi connectivity index (χ4v) is 3.38. The number of hydrogen-bond donors (Lipinski definition) is 1. The highest BCUT2D eigenvalue weighted by molar-refractivity contribution is 7.92. The van der Waals surface area contributed by atoms with Gasteiger partial charge in [0.15, 0.2) is 9.84 Å². The molecule has 8 nitrogen and oxygen atoms in total. The highest BCUT2D eigenvalue weighted by Crippen LogP contribution is 2.19. The van der Waals surface area contributed by atoms with Crippen LogP contribution < -0.4 is 5.32 Å². The quantitative estimate of drug-likeness (QED) is 0.706. The van der Waals surface area contributed by atoms with Crippen molar-refractivity contribution < 1.29 is 17.6 Å². The molecule has 0 aliphatic heterocycles. The Morgan fingerprint density at radius 1 is 1.19 bits per heavy atom. The molecule has 0 aliphatic rings. The van der Waals surface area contributed by atoms with Crippen LogP contribution in [-0.2, 0) is 14.6 Å². The summed E-state index contributed by atoms with van der Waals surface area (Å²) in [5, 5.41) is 13.2. The van der Waals surface area contributed by atoms with E-state index in [1.54, 1.807) is 0 Å². The molecule has 2 aromatic carbocycles. The van der Waals surface area contributed by atoms with Gasteiger partial charge in [0.05, 0.1) is 16.3 Å². The van der Waals surface area contributed by atoms with Crippen molar-refractivity contribution in [1.29, 1.82) is 0 Å². The maximum Gasteiger partial charge on any atom is 0.240 e. The molecule has 1 heterocycles. The summed E-state index contributed by atoms with van der Waals surface area (Å²) in [6, 6.07) is 9.21. The largest absolute Gasteiger partial charge is 0.323 e. The highest BCUT2D eigenvalue weighted by atomic mass is 35.5. The third-order valence-corrected chi connectivity index (χ3v) is 5.22. The van der Waals surface area contributed by atoms with Gasteiger partial charge in [0.2, 0.25) is 5.91 Å². The molecule has 0 aliphatic carbocycles. The third-order valence-electron chi connectivity index (χ3n) is 3.33. The lowest BCUT2D eigenvalue weighted by Crippen LogP contribution is -2.23. The zero-order valence-corrected chi connectivity index (χ0v) is 14.6. The van der Waals surface area contributed by atoms with Gasteiger partial charge in [0.1, 0.15) is 17.9 Å². The number of amides is 1. The minimum Gasteiger partial charge on any atom is -0.323 e. The van der Waals surface area contributed by atoms with E-state index < -0.39 is 27.3 Å². The minimum atomic E-state index is -3.89.